The number of nitrogens with zero attached hydrogens (tertiary/aromatic N) is 2. The molecular weight excluding hydrogens is 266 g/mol. The maximum atomic E-state index is 12.4. The molecule has 0 aliphatic carbocycles. The van der Waals surface area contributed by atoms with Crippen LogP contribution in [0, 0.1) is 5.92 Å². The lowest BCUT2D eigenvalue weighted by molar-refractivity contribution is 0.0605. The number of pyridine rings is 1. The van der Waals surface area contributed by atoms with E-state index in [9.17, 15) is 13.5 Å². The SMILES string of the molecule is CNc1ccc(S(=O)(=O)N2CCC(C)C(O)C2)cn1. The minimum atomic E-state index is -3.56. The summed E-state index contributed by atoms with van der Waals surface area (Å²) in [5.74, 6) is 0.752. The molecule has 2 N–H and O–H groups in total. The monoisotopic (exact) mass is 285 g/mol. The summed E-state index contributed by atoms with van der Waals surface area (Å²) in [6.45, 7) is 2.52. The molecule has 1 aromatic rings. The van der Waals surface area contributed by atoms with E-state index in [-0.39, 0.29) is 17.4 Å². The van der Waals surface area contributed by atoms with Crippen LogP contribution < -0.4 is 5.32 Å². The molecule has 0 amide bonds. The number of anilines is 1. The van der Waals surface area contributed by atoms with E-state index in [0.29, 0.717) is 18.8 Å². The van der Waals surface area contributed by atoms with Crippen LogP contribution in [0.3, 0.4) is 0 Å². The third-order valence-electron chi connectivity index (χ3n) is 3.51. The Morgan fingerprint density at radius 3 is 2.74 bits per heavy atom. The maximum absolute atomic E-state index is 12.4. The highest BCUT2D eigenvalue weighted by Crippen LogP contribution is 2.23. The molecule has 1 saturated heterocycles. The predicted molar refractivity (Wildman–Crippen MR) is 72.3 cm³/mol. The van der Waals surface area contributed by atoms with Crippen molar-refractivity contribution in [2.75, 3.05) is 25.5 Å². The van der Waals surface area contributed by atoms with Crippen molar-refractivity contribution in [3.05, 3.63) is 18.3 Å². The van der Waals surface area contributed by atoms with E-state index in [4.69, 9.17) is 0 Å². The van der Waals surface area contributed by atoms with Crippen LogP contribution >= 0.6 is 0 Å². The molecule has 1 aromatic heterocycles. The van der Waals surface area contributed by atoms with Crippen LogP contribution in [0.2, 0.25) is 0 Å². The molecule has 2 unspecified atom stereocenters. The van der Waals surface area contributed by atoms with Crippen molar-refractivity contribution >= 4 is 15.8 Å². The first-order chi connectivity index (χ1) is 8.95. The van der Waals surface area contributed by atoms with Crippen LogP contribution in [0.25, 0.3) is 0 Å². The van der Waals surface area contributed by atoms with Crippen LogP contribution in [-0.2, 0) is 10.0 Å². The van der Waals surface area contributed by atoms with Gasteiger partial charge in [-0.15, -0.1) is 0 Å². The molecule has 1 fully saturated rings. The van der Waals surface area contributed by atoms with Crippen LogP contribution in [0.1, 0.15) is 13.3 Å². The maximum Gasteiger partial charge on any atom is 0.244 e. The Hall–Kier alpha value is -1.18. The van der Waals surface area contributed by atoms with Crippen molar-refractivity contribution in [2.24, 2.45) is 5.92 Å². The zero-order valence-electron chi connectivity index (χ0n) is 11.1. The summed E-state index contributed by atoms with van der Waals surface area (Å²) in [6.07, 6.45) is 1.40. The molecule has 1 aliphatic rings. The van der Waals surface area contributed by atoms with E-state index >= 15 is 0 Å². The number of hydrogen-bond acceptors (Lipinski definition) is 5. The van der Waals surface area contributed by atoms with E-state index in [1.54, 1.807) is 13.1 Å². The lowest BCUT2D eigenvalue weighted by Gasteiger charge is -2.33. The number of aliphatic hydroxyl groups excluding tert-OH is 1. The summed E-state index contributed by atoms with van der Waals surface area (Å²) >= 11 is 0. The standard InChI is InChI=1S/C12H19N3O3S/c1-9-5-6-15(8-11(9)16)19(17,18)10-3-4-12(13-2)14-7-10/h3-4,7,9,11,16H,5-6,8H2,1-2H3,(H,13,14). The molecule has 0 radical (unpaired) electrons. The van der Waals surface area contributed by atoms with Gasteiger partial charge in [-0.2, -0.15) is 4.31 Å². The fraction of sp³-hybridized carbons (Fsp3) is 0.583. The number of nitrogens with one attached hydrogen (secondary N) is 1. The first-order valence-corrected chi connectivity index (χ1v) is 7.71. The largest absolute Gasteiger partial charge is 0.391 e. The van der Waals surface area contributed by atoms with Gasteiger partial charge in [-0.05, 0) is 24.5 Å². The molecule has 2 heterocycles. The Morgan fingerprint density at radius 1 is 1.47 bits per heavy atom. The Kier molecular flexibility index (Phi) is 4.07. The van der Waals surface area contributed by atoms with Crippen molar-refractivity contribution in [2.45, 2.75) is 24.3 Å². The molecule has 2 rings (SSSR count). The Labute approximate surface area is 113 Å². The number of piperidine rings is 1. The van der Waals surface area contributed by atoms with Gasteiger partial charge < -0.3 is 10.4 Å². The molecule has 0 aromatic carbocycles. The average Bonchev–Trinajstić information content (AvgIpc) is 2.41. The second-order valence-electron chi connectivity index (χ2n) is 4.83. The minimum Gasteiger partial charge on any atom is -0.391 e. The van der Waals surface area contributed by atoms with E-state index in [2.05, 4.69) is 10.3 Å². The number of sulfonamides is 1. The van der Waals surface area contributed by atoms with Gasteiger partial charge in [0.2, 0.25) is 10.0 Å². The smallest absolute Gasteiger partial charge is 0.244 e. The van der Waals surface area contributed by atoms with Gasteiger partial charge in [0.05, 0.1) is 6.10 Å². The summed E-state index contributed by atoms with van der Waals surface area (Å²) in [7, 11) is -1.84. The van der Waals surface area contributed by atoms with Gasteiger partial charge in [0, 0.05) is 26.3 Å². The normalized spacial score (nSPS) is 25.2. The summed E-state index contributed by atoms with van der Waals surface area (Å²) in [5, 5.41) is 12.6. The predicted octanol–water partition coefficient (Wildman–Crippen LogP) is 0.515. The first kappa shape index (κ1) is 14.2. The van der Waals surface area contributed by atoms with Crippen molar-refractivity contribution < 1.29 is 13.5 Å². The molecule has 2 atom stereocenters. The Balaban J connectivity index is 2.21. The number of rotatable bonds is 3. The molecule has 106 valence electrons. The van der Waals surface area contributed by atoms with Gasteiger partial charge in [-0.3, -0.25) is 0 Å². The lowest BCUT2D eigenvalue weighted by Crippen LogP contribution is -2.45. The second-order valence-corrected chi connectivity index (χ2v) is 6.76. The number of hydrogen-bond donors (Lipinski definition) is 2. The van der Waals surface area contributed by atoms with Gasteiger partial charge in [0.25, 0.3) is 0 Å². The van der Waals surface area contributed by atoms with E-state index in [1.807, 2.05) is 6.92 Å². The summed E-state index contributed by atoms with van der Waals surface area (Å²) in [5.41, 5.74) is 0. The Morgan fingerprint density at radius 2 is 2.21 bits per heavy atom. The van der Waals surface area contributed by atoms with Gasteiger partial charge in [0.1, 0.15) is 10.7 Å². The Bertz CT molecular complexity index is 530. The van der Waals surface area contributed by atoms with Gasteiger partial charge in [-0.25, -0.2) is 13.4 Å². The van der Waals surface area contributed by atoms with Crippen LogP contribution in [0.5, 0.6) is 0 Å². The van der Waals surface area contributed by atoms with E-state index < -0.39 is 16.1 Å². The summed E-state index contributed by atoms with van der Waals surface area (Å²) in [6, 6.07) is 3.15. The molecule has 6 nitrogen and oxygen atoms in total. The van der Waals surface area contributed by atoms with Crippen molar-refractivity contribution in [3.63, 3.8) is 0 Å². The molecule has 0 spiro atoms. The highest BCUT2D eigenvalue weighted by molar-refractivity contribution is 7.89. The first-order valence-electron chi connectivity index (χ1n) is 6.27. The topological polar surface area (TPSA) is 82.5 Å². The van der Waals surface area contributed by atoms with Crippen molar-refractivity contribution in [1.82, 2.24) is 9.29 Å². The lowest BCUT2D eigenvalue weighted by atomic mass is 9.98. The zero-order valence-corrected chi connectivity index (χ0v) is 11.9. The fourth-order valence-electron chi connectivity index (χ4n) is 2.07. The van der Waals surface area contributed by atoms with Crippen molar-refractivity contribution in [1.29, 1.82) is 0 Å². The highest BCUT2D eigenvalue weighted by Gasteiger charge is 2.32. The van der Waals surface area contributed by atoms with Crippen LogP contribution in [0.15, 0.2) is 23.2 Å². The summed E-state index contributed by atoms with van der Waals surface area (Å²) in [4.78, 5) is 4.17. The van der Waals surface area contributed by atoms with Gasteiger partial charge in [0.15, 0.2) is 0 Å². The molecule has 0 bridgehead atoms. The molecule has 7 heteroatoms. The second kappa shape index (κ2) is 5.44. The zero-order chi connectivity index (χ0) is 14.0. The van der Waals surface area contributed by atoms with Gasteiger partial charge in [-0.1, -0.05) is 6.92 Å². The van der Waals surface area contributed by atoms with Crippen molar-refractivity contribution in [3.8, 4) is 0 Å². The average molecular weight is 285 g/mol. The fourth-order valence-corrected chi connectivity index (χ4v) is 3.49. The molecule has 19 heavy (non-hydrogen) atoms. The third-order valence-corrected chi connectivity index (χ3v) is 5.36. The minimum absolute atomic E-state index is 0.135. The number of aliphatic hydroxyl groups is 1. The van der Waals surface area contributed by atoms with E-state index in [0.717, 1.165) is 0 Å². The molecule has 1 aliphatic heterocycles. The molecule has 0 saturated carbocycles. The van der Waals surface area contributed by atoms with Crippen LogP contribution in [-0.4, -0.2) is 49.1 Å². The highest BCUT2D eigenvalue weighted by atomic mass is 32.2. The quantitative estimate of drug-likeness (QED) is 0.846. The number of aromatic nitrogens is 1. The van der Waals surface area contributed by atoms with E-state index in [1.165, 1.54) is 16.6 Å². The van der Waals surface area contributed by atoms with Crippen LogP contribution in [0.4, 0.5) is 5.82 Å². The summed E-state index contributed by atoms with van der Waals surface area (Å²) < 4.78 is 26.1. The number of β-amino-alcohol motifs (C(OH)–C–C–N with tert-alkyl or cyclic N) is 1. The third kappa shape index (κ3) is 2.88. The molecular formula is C12H19N3O3S. The van der Waals surface area contributed by atoms with Gasteiger partial charge >= 0.3 is 0 Å².